The van der Waals surface area contributed by atoms with Crippen molar-refractivity contribution < 1.29 is 9.59 Å². The molecule has 4 rings (SSSR count). The molecule has 2 amide bonds. The topological polar surface area (TPSA) is 75.4 Å². The molecule has 1 saturated heterocycles. The van der Waals surface area contributed by atoms with Gasteiger partial charge < -0.3 is 16.0 Å². The summed E-state index contributed by atoms with van der Waals surface area (Å²) in [6.07, 6.45) is 8.60. The van der Waals surface area contributed by atoms with Crippen LogP contribution in [0.2, 0.25) is 0 Å². The maximum Gasteiger partial charge on any atom is 0.255 e. The van der Waals surface area contributed by atoms with Crippen molar-refractivity contribution in [2.75, 3.05) is 18.4 Å². The fourth-order valence-corrected chi connectivity index (χ4v) is 5.28. The fourth-order valence-electron chi connectivity index (χ4n) is 5.28. The van der Waals surface area contributed by atoms with Crippen molar-refractivity contribution in [1.29, 1.82) is 0 Å². The maximum atomic E-state index is 13.0. The second-order valence-electron chi connectivity index (χ2n) is 8.58. The first kappa shape index (κ1) is 18.5. The van der Waals surface area contributed by atoms with Crippen molar-refractivity contribution in [2.45, 2.75) is 57.4 Å². The van der Waals surface area contributed by atoms with E-state index < -0.39 is 0 Å². The van der Waals surface area contributed by atoms with Gasteiger partial charge in [0.2, 0.25) is 5.91 Å². The van der Waals surface area contributed by atoms with Crippen molar-refractivity contribution in [3.05, 3.63) is 29.8 Å². The van der Waals surface area contributed by atoms with E-state index in [1.165, 1.54) is 12.8 Å². The largest absolute Gasteiger partial charge is 0.339 e. The normalized spacial score (nSPS) is 30.6. The lowest BCUT2D eigenvalue weighted by Crippen LogP contribution is -2.48. The number of benzene rings is 1. The molecule has 2 bridgehead atoms. The van der Waals surface area contributed by atoms with Crippen LogP contribution in [0.15, 0.2) is 24.3 Å². The third kappa shape index (κ3) is 3.88. The van der Waals surface area contributed by atoms with Gasteiger partial charge in [-0.2, -0.15) is 0 Å². The van der Waals surface area contributed by atoms with Gasteiger partial charge in [0.25, 0.3) is 5.91 Å². The summed E-state index contributed by atoms with van der Waals surface area (Å²) in [5, 5.41) is 3.08. The number of amides is 2. The van der Waals surface area contributed by atoms with Crippen LogP contribution in [0, 0.1) is 17.8 Å². The van der Waals surface area contributed by atoms with Crippen molar-refractivity contribution in [3.8, 4) is 0 Å². The van der Waals surface area contributed by atoms with Crippen LogP contribution >= 0.6 is 0 Å². The van der Waals surface area contributed by atoms with Crippen LogP contribution in [-0.4, -0.2) is 35.8 Å². The van der Waals surface area contributed by atoms with Crippen LogP contribution in [0.1, 0.15) is 61.7 Å². The number of carbonyl (C=O) groups is 2. The van der Waals surface area contributed by atoms with Gasteiger partial charge >= 0.3 is 0 Å². The standard InChI is InChI=1S/C22H31N3O2/c23-20-15-7-6-8-16(20)14-17(13-15)21(26)24-19-10-3-2-9-18(19)22(27)25-11-4-1-5-12-25/h2-3,9-10,15-17,20H,1,4-8,11-14,23H2,(H,24,26). The number of fused-ring (bicyclic) bond motifs is 2. The highest BCUT2D eigenvalue weighted by atomic mass is 16.2. The van der Waals surface area contributed by atoms with Gasteiger partial charge in [0, 0.05) is 25.0 Å². The molecule has 0 spiro atoms. The Labute approximate surface area is 161 Å². The number of hydrogen-bond donors (Lipinski definition) is 2. The van der Waals surface area contributed by atoms with E-state index in [1.54, 1.807) is 0 Å². The van der Waals surface area contributed by atoms with Crippen LogP contribution in [-0.2, 0) is 4.79 Å². The Morgan fingerprint density at radius 3 is 2.33 bits per heavy atom. The Hall–Kier alpha value is -1.88. The van der Waals surface area contributed by atoms with Crippen molar-refractivity contribution in [3.63, 3.8) is 0 Å². The molecule has 5 heteroatoms. The first-order valence-corrected chi connectivity index (χ1v) is 10.6. The number of piperidine rings is 1. The SMILES string of the molecule is NC1C2CCCC1CC(C(=O)Nc1ccccc1C(=O)N1CCCCC1)C2. The summed E-state index contributed by atoms with van der Waals surface area (Å²) in [6.45, 7) is 1.62. The van der Waals surface area contributed by atoms with E-state index >= 15 is 0 Å². The molecule has 5 nitrogen and oxygen atoms in total. The Morgan fingerprint density at radius 2 is 1.63 bits per heavy atom. The van der Waals surface area contributed by atoms with E-state index in [9.17, 15) is 9.59 Å². The number of nitrogens with one attached hydrogen (secondary N) is 1. The molecule has 2 unspecified atom stereocenters. The van der Waals surface area contributed by atoms with Crippen molar-refractivity contribution in [2.24, 2.45) is 23.5 Å². The lowest BCUT2D eigenvalue weighted by atomic mass is 9.65. The molecule has 27 heavy (non-hydrogen) atoms. The molecule has 0 aromatic heterocycles. The molecule has 3 N–H and O–H groups in total. The second kappa shape index (κ2) is 8.01. The van der Waals surface area contributed by atoms with Gasteiger partial charge in [-0.25, -0.2) is 0 Å². The number of para-hydroxylation sites is 1. The molecule has 146 valence electrons. The Bertz CT molecular complexity index is 685. The van der Waals surface area contributed by atoms with Crippen LogP contribution < -0.4 is 11.1 Å². The highest BCUT2D eigenvalue weighted by Crippen LogP contribution is 2.42. The summed E-state index contributed by atoms with van der Waals surface area (Å²) in [6, 6.07) is 7.70. The predicted molar refractivity (Wildman–Crippen MR) is 106 cm³/mol. The summed E-state index contributed by atoms with van der Waals surface area (Å²) < 4.78 is 0. The molecule has 1 aromatic carbocycles. The Balaban J connectivity index is 1.46. The predicted octanol–water partition coefficient (Wildman–Crippen LogP) is 3.40. The Morgan fingerprint density at radius 1 is 0.963 bits per heavy atom. The van der Waals surface area contributed by atoms with Crippen LogP contribution in [0.3, 0.4) is 0 Å². The van der Waals surface area contributed by atoms with Gasteiger partial charge in [0.05, 0.1) is 11.3 Å². The third-order valence-corrected chi connectivity index (χ3v) is 6.84. The quantitative estimate of drug-likeness (QED) is 0.857. The molecule has 3 fully saturated rings. The van der Waals surface area contributed by atoms with E-state index in [-0.39, 0.29) is 23.8 Å². The Kier molecular flexibility index (Phi) is 5.48. The van der Waals surface area contributed by atoms with Gasteiger partial charge in [-0.15, -0.1) is 0 Å². The number of nitrogens with zero attached hydrogens (tertiary/aromatic N) is 1. The smallest absolute Gasteiger partial charge is 0.255 e. The van der Waals surface area contributed by atoms with E-state index in [1.807, 2.05) is 29.2 Å². The first-order valence-electron chi connectivity index (χ1n) is 10.6. The highest BCUT2D eigenvalue weighted by Gasteiger charge is 2.40. The summed E-state index contributed by atoms with van der Waals surface area (Å²) in [5.74, 6) is 1.04. The van der Waals surface area contributed by atoms with Gasteiger partial charge in [-0.1, -0.05) is 18.6 Å². The number of likely N-dealkylation sites (tertiary alicyclic amines) is 1. The summed E-state index contributed by atoms with van der Waals surface area (Å²) in [4.78, 5) is 27.8. The van der Waals surface area contributed by atoms with E-state index in [4.69, 9.17) is 5.73 Å². The zero-order valence-corrected chi connectivity index (χ0v) is 16.0. The average molecular weight is 370 g/mol. The zero-order valence-electron chi connectivity index (χ0n) is 16.0. The molecule has 2 aliphatic carbocycles. The second-order valence-corrected chi connectivity index (χ2v) is 8.58. The van der Waals surface area contributed by atoms with Gasteiger partial charge in [0.15, 0.2) is 0 Å². The number of anilines is 1. The van der Waals surface area contributed by atoms with Gasteiger partial charge in [-0.3, -0.25) is 9.59 Å². The number of rotatable bonds is 3. The number of hydrogen-bond acceptors (Lipinski definition) is 3. The minimum Gasteiger partial charge on any atom is -0.339 e. The molecule has 2 atom stereocenters. The summed E-state index contributed by atoms with van der Waals surface area (Å²) in [7, 11) is 0. The van der Waals surface area contributed by atoms with Crippen molar-refractivity contribution >= 4 is 17.5 Å². The zero-order chi connectivity index (χ0) is 18.8. The molecule has 0 radical (unpaired) electrons. The van der Waals surface area contributed by atoms with Crippen molar-refractivity contribution in [1.82, 2.24) is 4.90 Å². The minimum atomic E-state index is 0.0123. The summed E-state index contributed by atoms with van der Waals surface area (Å²) in [5.41, 5.74) is 7.63. The first-order chi connectivity index (χ1) is 13.1. The van der Waals surface area contributed by atoms with E-state index in [2.05, 4.69) is 5.32 Å². The molecule has 1 heterocycles. The van der Waals surface area contributed by atoms with E-state index in [0.29, 0.717) is 23.1 Å². The number of carbonyl (C=O) groups excluding carboxylic acids is 2. The van der Waals surface area contributed by atoms with Gasteiger partial charge in [-0.05, 0) is 68.9 Å². The number of nitrogens with two attached hydrogens (primary N) is 1. The monoisotopic (exact) mass is 369 g/mol. The van der Waals surface area contributed by atoms with E-state index in [0.717, 1.165) is 51.6 Å². The molecule has 1 aromatic rings. The lowest BCUT2D eigenvalue weighted by molar-refractivity contribution is -0.122. The molecule has 1 aliphatic heterocycles. The van der Waals surface area contributed by atoms with Crippen LogP contribution in [0.25, 0.3) is 0 Å². The molecule has 3 aliphatic rings. The van der Waals surface area contributed by atoms with Crippen LogP contribution in [0.4, 0.5) is 5.69 Å². The molecular weight excluding hydrogens is 338 g/mol. The maximum absolute atomic E-state index is 13.0. The van der Waals surface area contributed by atoms with Crippen LogP contribution in [0.5, 0.6) is 0 Å². The molecule has 2 saturated carbocycles. The summed E-state index contributed by atoms with van der Waals surface area (Å²) >= 11 is 0. The lowest BCUT2D eigenvalue weighted by Gasteiger charge is -2.43. The third-order valence-electron chi connectivity index (χ3n) is 6.84. The minimum absolute atomic E-state index is 0.0123. The average Bonchev–Trinajstić information content (AvgIpc) is 2.68. The highest BCUT2D eigenvalue weighted by molar-refractivity contribution is 6.04. The molecular formula is C22H31N3O2. The van der Waals surface area contributed by atoms with Gasteiger partial charge in [0.1, 0.15) is 0 Å². The fraction of sp³-hybridized carbons (Fsp3) is 0.636.